The minimum atomic E-state index is 0.486. The number of hydrogen-bond acceptors (Lipinski definition) is 5. The molecule has 0 aliphatic carbocycles. The number of para-hydroxylation sites is 1. The Kier molecular flexibility index (Phi) is 7.84. The fourth-order valence-electron chi connectivity index (χ4n) is 3.00. The summed E-state index contributed by atoms with van der Waals surface area (Å²) in [5.74, 6) is 2.54. The molecule has 2 heterocycles. The third-order valence-corrected chi connectivity index (χ3v) is 6.13. The molecule has 0 bridgehead atoms. The van der Waals surface area contributed by atoms with E-state index in [1.165, 1.54) is 16.1 Å². The van der Waals surface area contributed by atoms with Gasteiger partial charge in [-0.05, 0) is 49.4 Å². The van der Waals surface area contributed by atoms with Gasteiger partial charge in [-0.3, -0.25) is 0 Å². The molecule has 0 atom stereocenters. The topological polar surface area (TPSA) is 70.4 Å². The first-order valence-corrected chi connectivity index (χ1v) is 11.1. The van der Waals surface area contributed by atoms with Crippen LogP contribution in [0.25, 0.3) is 0 Å². The van der Waals surface area contributed by atoms with E-state index < -0.39 is 0 Å². The molecule has 2 aromatic heterocycles. The van der Waals surface area contributed by atoms with E-state index in [1.54, 1.807) is 11.3 Å². The predicted octanol–water partition coefficient (Wildman–Crippen LogP) is 3.26. The first-order valence-electron chi connectivity index (χ1n) is 10.2. The van der Waals surface area contributed by atoms with Gasteiger partial charge in [0.15, 0.2) is 11.8 Å². The molecule has 8 heteroatoms. The summed E-state index contributed by atoms with van der Waals surface area (Å²) in [6.07, 6.45) is 1.01. The Balaban J connectivity index is 1.55. The van der Waals surface area contributed by atoms with Gasteiger partial charge in [0.2, 0.25) is 0 Å². The van der Waals surface area contributed by atoms with Crippen LogP contribution in [0, 0.1) is 13.8 Å². The molecule has 0 unspecified atom stereocenters. The Bertz CT molecular complexity index is 946. The van der Waals surface area contributed by atoms with Gasteiger partial charge in [-0.25, -0.2) is 4.99 Å². The van der Waals surface area contributed by atoms with E-state index >= 15 is 0 Å². The summed E-state index contributed by atoms with van der Waals surface area (Å²) in [5.41, 5.74) is 2.54. The highest BCUT2D eigenvalue weighted by molar-refractivity contribution is 7.10. The maximum atomic E-state index is 4.73. The number of rotatable bonds is 9. The third kappa shape index (κ3) is 6.06. The summed E-state index contributed by atoms with van der Waals surface area (Å²) in [6, 6.07) is 12.6. The normalized spacial score (nSPS) is 11.5. The van der Waals surface area contributed by atoms with Crippen molar-refractivity contribution >= 4 is 23.0 Å². The number of thiophene rings is 1. The molecule has 0 saturated heterocycles. The van der Waals surface area contributed by atoms with Crippen molar-refractivity contribution in [3.05, 3.63) is 63.9 Å². The Morgan fingerprint density at radius 2 is 1.93 bits per heavy atom. The molecule has 0 aliphatic rings. The van der Waals surface area contributed by atoms with Crippen molar-refractivity contribution in [1.82, 2.24) is 25.4 Å². The number of guanidine groups is 1. The van der Waals surface area contributed by atoms with Gasteiger partial charge in [0.25, 0.3) is 0 Å². The van der Waals surface area contributed by atoms with Gasteiger partial charge < -0.3 is 20.1 Å². The molecule has 160 valence electrons. The average molecular weight is 426 g/mol. The first kappa shape index (κ1) is 21.8. The molecule has 1 aromatic carbocycles. The molecule has 2 N–H and O–H groups in total. The largest absolute Gasteiger partial charge is 0.375 e. The van der Waals surface area contributed by atoms with E-state index in [-0.39, 0.29) is 0 Å². The number of aliphatic imine (C=N–C) groups is 1. The van der Waals surface area contributed by atoms with E-state index in [4.69, 9.17) is 4.99 Å². The van der Waals surface area contributed by atoms with Crippen LogP contribution in [0.4, 0.5) is 5.69 Å². The molecular formula is C22H31N7S. The summed E-state index contributed by atoms with van der Waals surface area (Å²) in [5, 5.41) is 17.4. The Morgan fingerprint density at radius 1 is 1.13 bits per heavy atom. The average Bonchev–Trinajstić information content (AvgIpc) is 3.32. The van der Waals surface area contributed by atoms with Crippen LogP contribution in [-0.4, -0.2) is 40.9 Å². The van der Waals surface area contributed by atoms with E-state index in [1.807, 2.05) is 24.6 Å². The van der Waals surface area contributed by atoms with E-state index in [0.717, 1.165) is 43.7 Å². The van der Waals surface area contributed by atoms with Crippen molar-refractivity contribution in [1.29, 1.82) is 0 Å². The molecule has 3 rings (SSSR count). The van der Waals surface area contributed by atoms with Crippen molar-refractivity contribution in [3.8, 4) is 0 Å². The molecule has 0 amide bonds. The Morgan fingerprint density at radius 3 is 2.60 bits per heavy atom. The molecule has 0 aliphatic heterocycles. The molecule has 3 aromatic rings. The summed E-state index contributed by atoms with van der Waals surface area (Å²) in [7, 11) is 4.09. The van der Waals surface area contributed by atoms with Gasteiger partial charge in [-0.1, -0.05) is 18.2 Å². The van der Waals surface area contributed by atoms with Crippen LogP contribution < -0.4 is 15.5 Å². The van der Waals surface area contributed by atoms with E-state index in [9.17, 15) is 0 Å². The van der Waals surface area contributed by atoms with Gasteiger partial charge in [-0.15, -0.1) is 21.5 Å². The highest BCUT2D eigenvalue weighted by atomic mass is 32.1. The molecule has 0 saturated carbocycles. The number of nitrogens with zero attached hydrogens (tertiary/aromatic N) is 5. The monoisotopic (exact) mass is 425 g/mol. The van der Waals surface area contributed by atoms with Crippen molar-refractivity contribution in [3.63, 3.8) is 0 Å². The number of aromatic nitrogens is 3. The highest BCUT2D eigenvalue weighted by Gasteiger charge is 2.07. The lowest BCUT2D eigenvalue weighted by atomic mass is 10.3. The second-order valence-electron chi connectivity index (χ2n) is 7.31. The first-order chi connectivity index (χ1) is 14.5. The van der Waals surface area contributed by atoms with Gasteiger partial charge in [0, 0.05) is 37.7 Å². The number of aryl methyl sites for hydroxylation is 2. The zero-order valence-corrected chi connectivity index (χ0v) is 19.0. The second-order valence-corrected chi connectivity index (χ2v) is 8.31. The number of hydrogen-bond donors (Lipinski definition) is 2. The summed E-state index contributed by atoms with van der Waals surface area (Å²) in [4.78, 5) is 8.32. The predicted molar refractivity (Wildman–Crippen MR) is 125 cm³/mol. The van der Waals surface area contributed by atoms with Crippen molar-refractivity contribution in [2.24, 2.45) is 12.0 Å². The number of nitrogens with one attached hydrogen (secondary N) is 2. The van der Waals surface area contributed by atoms with Gasteiger partial charge in [-0.2, -0.15) is 0 Å². The standard InChI is InChI=1S/C22H31N7S/c1-17-11-14-30-20(17)15-24-22(25-16-21-27-26-18(2)29(21)4)23-12-8-13-28(3)19-9-6-5-7-10-19/h5-7,9-11,14H,8,12-13,15-16H2,1-4H3,(H2,23,24,25). The molecule has 0 radical (unpaired) electrons. The lowest BCUT2D eigenvalue weighted by Crippen LogP contribution is -2.38. The lowest BCUT2D eigenvalue weighted by molar-refractivity contribution is 0.718. The summed E-state index contributed by atoms with van der Waals surface area (Å²) >= 11 is 1.76. The van der Waals surface area contributed by atoms with Crippen LogP contribution in [0.2, 0.25) is 0 Å². The molecule has 30 heavy (non-hydrogen) atoms. The van der Waals surface area contributed by atoms with Crippen LogP contribution in [-0.2, 0) is 20.1 Å². The van der Waals surface area contributed by atoms with Crippen molar-refractivity contribution in [2.75, 3.05) is 25.0 Å². The second kappa shape index (κ2) is 10.8. The molecule has 0 fully saturated rings. The molecular weight excluding hydrogens is 394 g/mol. The van der Waals surface area contributed by atoms with Crippen LogP contribution >= 0.6 is 11.3 Å². The van der Waals surface area contributed by atoms with Gasteiger partial charge in [0.1, 0.15) is 12.4 Å². The van der Waals surface area contributed by atoms with E-state index in [2.05, 4.69) is 75.4 Å². The lowest BCUT2D eigenvalue weighted by Gasteiger charge is -2.19. The summed E-state index contributed by atoms with van der Waals surface area (Å²) < 4.78 is 1.97. The van der Waals surface area contributed by atoms with Crippen LogP contribution in [0.3, 0.4) is 0 Å². The summed E-state index contributed by atoms with van der Waals surface area (Å²) in [6.45, 7) is 7.14. The minimum Gasteiger partial charge on any atom is -0.375 e. The zero-order chi connectivity index (χ0) is 21.3. The van der Waals surface area contributed by atoms with Crippen LogP contribution in [0.15, 0.2) is 46.8 Å². The van der Waals surface area contributed by atoms with Gasteiger partial charge in [0.05, 0.1) is 6.54 Å². The fraction of sp³-hybridized carbons (Fsp3) is 0.409. The van der Waals surface area contributed by atoms with Crippen molar-refractivity contribution < 1.29 is 0 Å². The zero-order valence-electron chi connectivity index (χ0n) is 18.2. The van der Waals surface area contributed by atoms with Gasteiger partial charge >= 0.3 is 0 Å². The highest BCUT2D eigenvalue weighted by Crippen LogP contribution is 2.15. The molecule has 0 spiro atoms. The molecule has 7 nitrogen and oxygen atoms in total. The third-order valence-electron chi connectivity index (χ3n) is 5.11. The number of benzene rings is 1. The SMILES string of the molecule is Cc1ccsc1CNC(=NCc1nnc(C)n1C)NCCCN(C)c1ccccc1. The Labute approximate surface area is 182 Å². The van der Waals surface area contributed by atoms with Crippen LogP contribution in [0.5, 0.6) is 0 Å². The maximum absolute atomic E-state index is 4.73. The quantitative estimate of drug-likeness (QED) is 0.313. The smallest absolute Gasteiger partial charge is 0.192 e. The fourth-order valence-corrected chi connectivity index (χ4v) is 3.84. The Hall–Kier alpha value is -2.87. The number of anilines is 1. The van der Waals surface area contributed by atoms with E-state index in [0.29, 0.717) is 6.54 Å². The maximum Gasteiger partial charge on any atom is 0.192 e. The minimum absolute atomic E-state index is 0.486. The van der Waals surface area contributed by atoms with Crippen LogP contribution in [0.1, 0.15) is 28.5 Å². The van der Waals surface area contributed by atoms with Crippen molar-refractivity contribution in [2.45, 2.75) is 33.4 Å².